The van der Waals surface area contributed by atoms with E-state index in [9.17, 15) is 19.5 Å². The highest BCUT2D eigenvalue weighted by Gasteiger charge is 2.25. The lowest BCUT2D eigenvalue weighted by Gasteiger charge is -2.25. The van der Waals surface area contributed by atoms with Crippen molar-refractivity contribution in [1.82, 2.24) is 0 Å². The Hall–Kier alpha value is -5.35. The number of carbonyl (C=O) groups excluding carboxylic acids is 2. The lowest BCUT2D eigenvalue weighted by Crippen LogP contribution is -2.40. The van der Waals surface area contributed by atoms with Gasteiger partial charge in [-0.25, -0.2) is 4.79 Å². The van der Waals surface area contributed by atoms with Crippen LogP contribution in [0.25, 0.3) is 0 Å². The smallest absolute Gasteiger partial charge is 0.361 e. The maximum absolute atomic E-state index is 12.8. The Labute approximate surface area is 469 Å². The highest BCUT2D eigenvalue weighted by Crippen LogP contribution is 2.13. The first-order valence-corrected chi connectivity index (χ1v) is 29.3. The normalized spacial score (nSPS) is 14.0. The summed E-state index contributed by atoms with van der Waals surface area (Å²) in [7, 11) is 5.92. The molecule has 0 aliphatic rings. The van der Waals surface area contributed by atoms with Crippen molar-refractivity contribution in [2.75, 3.05) is 47.5 Å². The van der Waals surface area contributed by atoms with Crippen LogP contribution in [0.5, 0.6) is 0 Å². The summed E-state index contributed by atoms with van der Waals surface area (Å²) < 4.78 is 22.7. The Kier molecular flexibility index (Phi) is 52.9. The van der Waals surface area contributed by atoms with Gasteiger partial charge in [-0.2, -0.15) is 0 Å². The summed E-state index contributed by atoms with van der Waals surface area (Å²) in [6, 6.07) is 0. The minimum atomic E-state index is -1.54. The van der Waals surface area contributed by atoms with Crippen LogP contribution in [0.3, 0.4) is 0 Å². The maximum atomic E-state index is 12.8. The molecule has 77 heavy (non-hydrogen) atoms. The number of likely N-dealkylation sites (N-methyl/N-ethyl adjacent to an activating group) is 1. The van der Waals surface area contributed by atoms with Crippen molar-refractivity contribution in [2.24, 2.45) is 0 Å². The SMILES string of the molecule is CC/C=C\C/C=C\C/C=C\C/C=C\C/C=C\C/C=C\C/C=C\C/C=C\C/C=C\C/C=C\CCCCCCCCCCC(=O)OC(COC(=O)CC/C=C\C/C=C\C/C=C\C/C=C\CC)COC(OCC[N+](C)(C)C)C(=O)O. The fraction of sp³-hybridized carbons (Fsp3) is 0.544. The summed E-state index contributed by atoms with van der Waals surface area (Å²) in [4.78, 5) is 37.3. The van der Waals surface area contributed by atoms with E-state index in [4.69, 9.17) is 18.9 Å². The molecule has 0 fully saturated rings. The number of carbonyl (C=O) groups is 3. The molecule has 0 saturated heterocycles. The Bertz CT molecular complexity index is 1860. The second-order valence-electron chi connectivity index (χ2n) is 19.8. The van der Waals surface area contributed by atoms with Gasteiger partial charge in [0.1, 0.15) is 13.2 Å². The Morgan fingerprint density at radius 2 is 0.727 bits per heavy atom. The lowest BCUT2D eigenvalue weighted by atomic mass is 10.1. The quantitative estimate of drug-likeness (QED) is 0.0211. The van der Waals surface area contributed by atoms with Crippen molar-refractivity contribution in [3.05, 3.63) is 170 Å². The molecular formula is C68H106NO8+. The minimum absolute atomic E-state index is 0.166. The maximum Gasteiger partial charge on any atom is 0.361 e. The van der Waals surface area contributed by atoms with E-state index in [0.717, 1.165) is 116 Å². The van der Waals surface area contributed by atoms with Crippen molar-refractivity contribution in [1.29, 1.82) is 0 Å². The van der Waals surface area contributed by atoms with E-state index >= 15 is 0 Å². The zero-order valence-corrected chi connectivity index (χ0v) is 48.8. The average Bonchev–Trinajstić information content (AvgIpc) is 3.40. The van der Waals surface area contributed by atoms with Crippen LogP contribution >= 0.6 is 0 Å². The standard InChI is InChI=1S/C68H105NO8/c1-6-8-10-12-14-16-18-20-21-22-23-24-25-26-27-28-29-30-31-32-33-34-35-36-37-38-39-40-41-42-43-44-45-47-49-51-53-55-57-59-66(71)77-64(63-76-68(67(72)73)74-61-60-69(3,4)5)62-75-65(70)58-56-54-52-50-48-46-19-17-15-13-11-9-7-2/h8-11,14-17,20-21,23-24,26-27,29-30,32-33,35-36,38-39,41-42,46,48,52,54,64,68H,6-7,12-13,18-19,22,25,28,31,34,37,40,43-45,47,49-51,53,55-63H2,1-5H3/p+1/b10-8-,11-9-,16-14-,17-15-,21-20-,24-23-,27-26-,30-29-,33-32-,36-35-,39-38-,42-41-,48-46-,54-52-. The molecule has 2 atom stereocenters. The fourth-order valence-electron chi connectivity index (χ4n) is 7.05. The molecule has 0 bridgehead atoms. The average molecular weight is 1070 g/mol. The summed E-state index contributed by atoms with van der Waals surface area (Å²) in [5.74, 6) is -2.15. The molecule has 0 saturated carbocycles. The first-order chi connectivity index (χ1) is 37.6. The van der Waals surface area contributed by atoms with Gasteiger partial charge in [0.15, 0.2) is 6.10 Å². The molecule has 0 aromatic carbocycles. The summed E-state index contributed by atoms with van der Waals surface area (Å²) >= 11 is 0. The first-order valence-electron chi connectivity index (χ1n) is 29.3. The van der Waals surface area contributed by atoms with Crippen LogP contribution < -0.4 is 0 Å². The molecule has 0 spiro atoms. The summed E-state index contributed by atoms with van der Waals surface area (Å²) in [6.07, 6.45) is 83.2. The molecule has 2 unspecified atom stereocenters. The van der Waals surface area contributed by atoms with E-state index in [1.54, 1.807) is 0 Å². The number of carboxylic acid groups (broad SMARTS) is 1. The molecule has 9 heteroatoms. The number of hydrogen-bond donors (Lipinski definition) is 1. The van der Waals surface area contributed by atoms with Crippen molar-refractivity contribution < 1.29 is 42.9 Å². The number of aliphatic carboxylic acids is 1. The summed E-state index contributed by atoms with van der Waals surface area (Å²) in [6.45, 7) is 4.51. The van der Waals surface area contributed by atoms with Crippen molar-refractivity contribution in [2.45, 2.75) is 193 Å². The van der Waals surface area contributed by atoms with Gasteiger partial charge in [0.2, 0.25) is 0 Å². The van der Waals surface area contributed by atoms with Crippen molar-refractivity contribution >= 4 is 17.9 Å². The molecule has 9 nitrogen and oxygen atoms in total. The highest BCUT2D eigenvalue weighted by molar-refractivity contribution is 5.71. The molecule has 0 aromatic heterocycles. The molecule has 0 aliphatic carbocycles. The van der Waals surface area contributed by atoms with E-state index < -0.39 is 30.3 Å². The zero-order chi connectivity index (χ0) is 56.2. The molecule has 0 heterocycles. The number of nitrogens with zero attached hydrogens (tertiary/aromatic N) is 1. The van der Waals surface area contributed by atoms with E-state index in [2.05, 4.69) is 172 Å². The predicted molar refractivity (Wildman–Crippen MR) is 326 cm³/mol. The summed E-state index contributed by atoms with van der Waals surface area (Å²) in [5.41, 5.74) is 0. The number of unbranched alkanes of at least 4 members (excludes halogenated alkanes) is 8. The highest BCUT2D eigenvalue weighted by atomic mass is 16.7. The topological polar surface area (TPSA) is 108 Å². The summed E-state index contributed by atoms with van der Waals surface area (Å²) in [5, 5.41) is 9.68. The number of esters is 2. The zero-order valence-electron chi connectivity index (χ0n) is 48.8. The van der Waals surface area contributed by atoms with Crippen molar-refractivity contribution in [3.8, 4) is 0 Å². The minimum Gasteiger partial charge on any atom is -0.477 e. The number of hydrogen-bond acceptors (Lipinski definition) is 7. The van der Waals surface area contributed by atoms with Crippen LogP contribution in [0.2, 0.25) is 0 Å². The van der Waals surface area contributed by atoms with E-state index in [-0.39, 0.29) is 32.7 Å². The first kappa shape index (κ1) is 71.7. The third kappa shape index (κ3) is 58.2. The van der Waals surface area contributed by atoms with E-state index in [1.807, 2.05) is 33.3 Å². The number of allylic oxidation sites excluding steroid dienone is 28. The Morgan fingerprint density at radius 3 is 1.09 bits per heavy atom. The lowest BCUT2D eigenvalue weighted by molar-refractivity contribution is -0.870. The molecular weight excluding hydrogens is 959 g/mol. The van der Waals surface area contributed by atoms with Crippen LogP contribution in [0.4, 0.5) is 0 Å². The number of ether oxygens (including phenoxy) is 4. The molecule has 0 amide bonds. The van der Waals surface area contributed by atoms with Crippen LogP contribution in [0.15, 0.2) is 170 Å². The second kappa shape index (κ2) is 56.8. The second-order valence-corrected chi connectivity index (χ2v) is 19.8. The number of quaternary nitrogens is 1. The third-order valence-electron chi connectivity index (χ3n) is 11.5. The molecule has 0 radical (unpaired) electrons. The van der Waals surface area contributed by atoms with Crippen LogP contribution in [0, 0.1) is 0 Å². The predicted octanol–water partition coefficient (Wildman–Crippen LogP) is 17.6. The van der Waals surface area contributed by atoms with Gasteiger partial charge in [-0.1, -0.05) is 223 Å². The van der Waals surface area contributed by atoms with Gasteiger partial charge in [-0.3, -0.25) is 9.59 Å². The Balaban J connectivity index is 4.23. The largest absolute Gasteiger partial charge is 0.477 e. The van der Waals surface area contributed by atoms with Crippen molar-refractivity contribution in [3.63, 3.8) is 0 Å². The van der Waals surface area contributed by atoms with Gasteiger partial charge in [-0.15, -0.1) is 0 Å². The van der Waals surface area contributed by atoms with Gasteiger partial charge < -0.3 is 28.5 Å². The number of rotatable bonds is 51. The molecule has 0 aliphatic heterocycles. The monoisotopic (exact) mass is 1060 g/mol. The van der Waals surface area contributed by atoms with Crippen LogP contribution in [0.1, 0.15) is 181 Å². The van der Waals surface area contributed by atoms with Crippen LogP contribution in [-0.4, -0.2) is 87.4 Å². The molecule has 0 aromatic rings. The van der Waals surface area contributed by atoms with Gasteiger partial charge in [0.05, 0.1) is 34.4 Å². The van der Waals surface area contributed by atoms with E-state index in [1.165, 1.54) is 25.7 Å². The van der Waals surface area contributed by atoms with Gasteiger partial charge >= 0.3 is 17.9 Å². The third-order valence-corrected chi connectivity index (χ3v) is 11.5. The Morgan fingerprint density at radius 1 is 0.390 bits per heavy atom. The molecule has 1 N–H and O–H groups in total. The van der Waals surface area contributed by atoms with Gasteiger partial charge in [-0.05, 0) is 116 Å². The van der Waals surface area contributed by atoms with Crippen LogP contribution in [-0.2, 0) is 33.3 Å². The number of carboxylic acids is 1. The molecule has 0 rings (SSSR count). The fourth-order valence-corrected chi connectivity index (χ4v) is 7.05. The van der Waals surface area contributed by atoms with Gasteiger partial charge in [0.25, 0.3) is 6.29 Å². The van der Waals surface area contributed by atoms with E-state index in [0.29, 0.717) is 23.9 Å². The molecule has 430 valence electrons. The van der Waals surface area contributed by atoms with Gasteiger partial charge in [0, 0.05) is 12.8 Å².